The van der Waals surface area contributed by atoms with Gasteiger partial charge in [0.1, 0.15) is 11.9 Å². The molecule has 3 aromatic carbocycles. The Morgan fingerprint density at radius 1 is 0.889 bits per heavy atom. The zero-order valence-electron chi connectivity index (χ0n) is 21.0. The van der Waals surface area contributed by atoms with Crippen molar-refractivity contribution in [3.8, 4) is 0 Å². The van der Waals surface area contributed by atoms with Crippen LogP contribution < -0.4 is 5.32 Å². The fourth-order valence-corrected chi connectivity index (χ4v) is 4.89. The van der Waals surface area contributed by atoms with Gasteiger partial charge in [-0.15, -0.1) is 0 Å². The van der Waals surface area contributed by atoms with Crippen LogP contribution in [0.5, 0.6) is 0 Å². The molecule has 1 fully saturated rings. The molecule has 188 valence electrons. The molecule has 0 aromatic heterocycles. The van der Waals surface area contributed by atoms with Crippen molar-refractivity contribution >= 4 is 11.8 Å². The Labute approximate surface area is 213 Å². The van der Waals surface area contributed by atoms with Crippen LogP contribution in [0.1, 0.15) is 54.4 Å². The van der Waals surface area contributed by atoms with E-state index in [1.54, 1.807) is 23.1 Å². The average Bonchev–Trinajstić information content (AvgIpc) is 2.89. The van der Waals surface area contributed by atoms with Gasteiger partial charge in [0.05, 0.1) is 6.42 Å². The summed E-state index contributed by atoms with van der Waals surface area (Å²) in [5.74, 6) is -0.738. The molecule has 0 aliphatic heterocycles. The van der Waals surface area contributed by atoms with Crippen molar-refractivity contribution in [3.63, 3.8) is 0 Å². The fourth-order valence-electron chi connectivity index (χ4n) is 4.89. The number of rotatable bonds is 9. The van der Waals surface area contributed by atoms with Crippen LogP contribution in [0.4, 0.5) is 4.39 Å². The van der Waals surface area contributed by atoms with Crippen molar-refractivity contribution in [3.05, 3.63) is 107 Å². The van der Waals surface area contributed by atoms with E-state index in [0.717, 1.165) is 42.4 Å². The molecule has 1 atom stereocenters. The van der Waals surface area contributed by atoms with Crippen LogP contribution in [0.25, 0.3) is 0 Å². The topological polar surface area (TPSA) is 49.4 Å². The highest BCUT2D eigenvalue weighted by atomic mass is 19.1. The van der Waals surface area contributed by atoms with Gasteiger partial charge in [0.15, 0.2) is 0 Å². The normalized spacial score (nSPS) is 14.7. The Hall–Kier alpha value is -3.47. The highest BCUT2D eigenvalue weighted by Gasteiger charge is 2.32. The fraction of sp³-hybridized carbons (Fsp3) is 0.355. The largest absolute Gasteiger partial charge is 0.352 e. The summed E-state index contributed by atoms with van der Waals surface area (Å²) in [6, 6.07) is 23.4. The Morgan fingerprint density at radius 3 is 2.25 bits per heavy atom. The van der Waals surface area contributed by atoms with Crippen molar-refractivity contribution in [1.29, 1.82) is 0 Å². The first kappa shape index (κ1) is 25.6. The van der Waals surface area contributed by atoms with Gasteiger partial charge >= 0.3 is 0 Å². The van der Waals surface area contributed by atoms with Gasteiger partial charge in [0.2, 0.25) is 11.8 Å². The van der Waals surface area contributed by atoms with Crippen LogP contribution >= 0.6 is 0 Å². The number of nitrogens with zero attached hydrogens (tertiary/aromatic N) is 1. The maximum Gasteiger partial charge on any atom is 0.243 e. The number of halogens is 1. The van der Waals surface area contributed by atoms with Crippen molar-refractivity contribution in [2.24, 2.45) is 0 Å². The second-order valence-corrected chi connectivity index (χ2v) is 9.82. The molecule has 0 bridgehead atoms. The maximum absolute atomic E-state index is 14.7. The van der Waals surface area contributed by atoms with Crippen molar-refractivity contribution in [2.45, 2.75) is 70.5 Å². The molecule has 1 saturated carbocycles. The predicted octanol–water partition coefficient (Wildman–Crippen LogP) is 5.77. The Bertz CT molecular complexity index is 1140. The van der Waals surface area contributed by atoms with Crippen LogP contribution in [0, 0.1) is 12.7 Å². The SMILES string of the molecule is Cc1ccc(CC(=O)N(Cc2ccccc2F)C(Cc2ccccc2)C(=O)NC2CCCCC2)cc1. The number of amides is 2. The van der Waals surface area contributed by atoms with Crippen molar-refractivity contribution < 1.29 is 14.0 Å². The molecule has 4 rings (SSSR count). The van der Waals surface area contributed by atoms with E-state index in [2.05, 4.69) is 5.32 Å². The summed E-state index contributed by atoms with van der Waals surface area (Å²) in [6.07, 6.45) is 5.81. The van der Waals surface area contributed by atoms with Gasteiger partial charge in [0, 0.05) is 24.6 Å². The lowest BCUT2D eigenvalue weighted by Gasteiger charge is -2.33. The van der Waals surface area contributed by atoms with E-state index in [9.17, 15) is 14.0 Å². The minimum atomic E-state index is -0.744. The molecule has 36 heavy (non-hydrogen) atoms. The summed E-state index contributed by atoms with van der Waals surface area (Å²) in [7, 11) is 0. The summed E-state index contributed by atoms with van der Waals surface area (Å²) in [5.41, 5.74) is 3.35. The standard InChI is InChI=1S/C31H35FN2O2/c1-23-16-18-25(19-17-23)21-30(35)34(22-26-12-8-9-15-28(26)32)29(20-24-10-4-2-5-11-24)31(36)33-27-13-6-3-7-14-27/h2,4-5,8-12,15-19,27,29H,3,6-7,13-14,20-22H2,1H3,(H,33,36). The lowest BCUT2D eigenvalue weighted by Crippen LogP contribution is -2.53. The monoisotopic (exact) mass is 486 g/mol. The molecule has 3 aromatic rings. The second kappa shape index (κ2) is 12.5. The molecule has 0 radical (unpaired) electrons. The lowest BCUT2D eigenvalue weighted by atomic mass is 9.94. The van der Waals surface area contributed by atoms with Crippen molar-refractivity contribution in [2.75, 3.05) is 0 Å². The number of carbonyl (C=O) groups is 2. The highest BCUT2D eigenvalue weighted by Crippen LogP contribution is 2.21. The zero-order valence-corrected chi connectivity index (χ0v) is 21.0. The van der Waals surface area contributed by atoms with Crippen LogP contribution in [0.3, 0.4) is 0 Å². The quantitative estimate of drug-likeness (QED) is 0.418. The Balaban J connectivity index is 1.65. The smallest absolute Gasteiger partial charge is 0.243 e. The first-order valence-corrected chi connectivity index (χ1v) is 12.9. The van der Waals surface area contributed by atoms with Gasteiger partial charge in [0.25, 0.3) is 0 Å². The summed E-state index contributed by atoms with van der Waals surface area (Å²) < 4.78 is 14.7. The Morgan fingerprint density at radius 2 is 1.56 bits per heavy atom. The number of benzene rings is 3. The average molecular weight is 487 g/mol. The lowest BCUT2D eigenvalue weighted by molar-refractivity contribution is -0.141. The summed E-state index contributed by atoms with van der Waals surface area (Å²) >= 11 is 0. The third kappa shape index (κ3) is 7.03. The first-order valence-electron chi connectivity index (χ1n) is 12.9. The molecule has 1 aliphatic carbocycles. The van der Waals surface area contributed by atoms with Gasteiger partial charge in [-0.05, 0) is 37.0 Å². The van der Waals surface area contributed by atoms with Crippen LogP contribution in [0.15, 0.2) is 78.9 Å². The van der Waals surface area contributed by atoms with E-state index >= 15 is 0 Å². The maximum atomic E-state index is 14.7. The Kier molecular flexibility index (Phi) is 8.88. The summed E-state index contributed by atoms with van der Waals surface area (Å²) in [6.45, 7) is 2.04. The van der Waals surface area contributed by atoms with Crippen LogP contribution in [-0.2, 0) is 29.0 Å². The third-order valence-corrected chi connectivity index (χ3v) is 7.00. The van der Waals surface area contributed by atoms with Gasteiger partial charge in [-0.2, -0.15) is 0 Å². The molecule has 4 nitrogen and oxygen atoms in total. The number of carbonyl (C=O) groups excluding carboxylic acids is 2. The second-order valence-electron chi connectivity index (χ2n) is 9.82. The molecule has 0 spiro atoms. The minimum Gasteiger partial charge on any atom is -0.352 e. The summed E-state index contributed by atoms with van der Waals surface area (Å²) in [4.78, 5) is 29.1. The predicted molar refractivity (Wildman–Crippen MR) is 141 cm³/mol. The zero-order chi connectivity index (χ0) is 25.3. The molecular weight excluding hydrogens is 451 g/mol. The molecular formula is C31H35FN2O2. The van der Waals surface area contributed by atoms with Crippen LogP contribution in [-0.4, -0.2) is 28.8 Å². The highest BCUT2D eigenvalue weighted by molar-refractivity contribution is 5.89. The minimum absolute atomic E-state index is 0.0347. The first-order chi connectivity index (χ1) is 17.5. The van der Waals surface area contributed by atoms with Gasteiger partial charge < -0.3 is 10.2 Å². The summed E-state index contributed by atoms with van der Waals surface area (Å²) in [5, 5.41) is 3.22. The van der Waals surface area contributed by atoms with E-state index in [4.69, 9.17) is 0 Å². The van der Waals surface area contributed by atoms with E-state index in [0.29, 0.717) is 12.0 Å². The van der Waals surface area contributed by atoms with Gasteiger partial charge in [-0.25, -0.2) is 4.39 Å². The molecule has 1 aliphatic rings. The number of aryl methyl sites for hydroxylation is 1. The molecule has 1 unspecified atom stereocenters. The molecule has 1 N–H and O–H groups in total. The molecule has 2 amide bonds. The molecule has 0 saturated heterocycles. The number of hydrogen-bond acceptors (Lipinski definition) is 2. The van der Waals surface area contributed by atoms with E-state index < -0.39 is 6.04 Å². The molecule has 5 heteroatoms. The molecule has 0 heterocycles. The third-order valence-electron chi connectivity index (χ3n) is 7.00. The van der Waals surface area contributed by atoms with E-state index in [1.807, 2.05) is 61.5 Å². The van der Waals surface area contributed by atoms with Crippen molar-refractivity contribution in [1.82, 2.24) is 10.2 Å². The van der Waals surface area contributed by atoms with Gasteiger partial charge in [-0.1, -0.05) is 97.6 Å². The van der Waals surface area contributed by atoms with E-state index in [1.165, 1.54) is 12.5 Å². The van der Waals surface area contributed by atoms with E-state index in [-0.39, 0.29) is 36.6 Å². The number of nitrogens with one attached hydrogen (secondary N) is 1. The van der Waals surface area contributed by atoms with Gasteiger partial charge in [-0.3, -0.25) is 9.59 Å². The van der Waals surface area contributed by atoms with Crippen LogP contribution in [0.2, 0.25) is 0 Å². The number of hydrogen-bond donors (Lipinski definition) is 1.